The van der Waals surface area contributed by atoms with Crippen LogP contribution in [0, 0.1) is 0 Å². The zero-order valence-electron chi connectivity index (χ0n) is 15.3. The largest absolute Gasteiger partial charge is 0.493 e. The molecule has 0 unspecified atom stereocenters. The molecule has 0 aliphatic carbocycles. The Kier molecular flexibility index (Phi) is 4.98. The van der Waals surface area contributed by atoms with E-state index in [1.54, 1.807) is 32.4 Å². The molecular weight excluding hydrogens is 330 g/mol. The minimum atomic E-state index is -0.369. The van der Waals surface area contributed by atoms with Crippen molar-refractivity contribution in [3.05, 3.63) is 65.2 Å². The lowest BCUT2D eigenvalue weighted by Gasteiger charge is -2.11. The predicted molar refractivity (Wildman–Crippen MR) is 102 cm³/mol. The number of carbonyl (C=O) groups excluding carboxylic acids is 1. The highest BCUT2D eigenvalue weighted by Gasteiger charge is 2.22. The summed E-state index contributed by atoms with van der Waals surface area (Å²) in [6.07, 6.45) is 3.55. The summed E-state index contributed by atoms with van der Waals surface area (Å²) >= 11 is 0. The number of nitrogens with zero attached hydrogens (tertiary/aromatic N) is 1. The molecule has 134 valence electrons. The molecule has 1 aliphatic heterocycles. The van der Waals surface area contributed by atoms with E-state index in [0.717, 1.165) is 16.8 Å². The Labute approximate surface area is 153 Å². The summed E-state index contributed by atoms with van der Waals surface area (Å²) in [6, 6.07) is 13.3. The van der Waals surface area contributed by atoms with Crippen LogP contribution in [-0.4, -0.2) is 34.3 Å². The molecule has 3 rings (SSSR count). The van der Waals surface area contributed by atoms with Gasteiger partial charge in [0.25, 0.3) is 0 Å². The molecule has 0 bridgehead atoms. The maximum absolute atomic E-state index is 12.2. The van der Waals surface area contributed by atoms with E-state index in [2.05, 4.69) is 0 Å². The van der Waals surface area contributed by atoms with Crippen molar-refractivity contribution in [2.45, 2.75) is 0 Å². The topological polar surface area (TPSA) is 48.0 Å². The number of methoxy groups -OCH3 is 2. The molecule has 0 saturated carbocycles. The summed E-state index contributed by atoms with van der Waals surface area (Å²) in [5.74, 6) is 1.33. The summed E-state index contributed by atoms with van der Waals surface area (Å²) in [6.45, 7) is 0. The van der Waals surface area contributed by atoms with E-state index in [0.29, 0.717) is 22.8 Å². The second-order valence-electron chi connectivity index (χ2n) is 6.05. The molecule has 0 N–H and O–H groups in total. The normalized spacial score (nSPS) is 14.8. The molecular formula is C21H21NO4. The van der Waals surface area contributed by atoms with Gasteiger partial charge < -0.3 is 19.1 Å². The number of cyclic esters (lactones) is 1. The van der Waals surface area contributed by atoms with Gasteiger partial charge in [0.15, 0.2) is 11.5 Å². The molecule has 0 aromatic heterocycles. The minimum absolute atomic E-state index is 0.369. The van der Waals surface area contributed by atoms with Crippen LogP contribution in [0.15, 0.2) is 54.1 Å². The zero-order chi connectivity index (χ0) is 18.7. The van der Waals surface area contributed by atoms with E-state index >= 15 is 0 Å². The van der Waals surface area contributed by atoms with Crippen molar-refractivity contribution in [2.75, 3.05) is 33.2 Å². The number of rotatable bonds is 5. The Morgan fingerprint density at radius 3 is 2.27 bits per heavy atom. The van der Waals surface area contributed by atoms with Gasteiger partial charge in [-0.2, -0.15) is 0 Å². The van der Waals surface area contributed by atoms with Crippen LogP contribution in [-0.2, 0) is 9.53 Å². The van der Waals surface area contributed by atoms with Gasteiger partial charge in [-0.15, -0.1) is 0 Å². The molecule has 0 radical (unpaired) electrons. The van der Waals surface area contributed by atoms with Gasteiger partial charge >= 0.3 is 5.97 Å². The van der Waals surface area contributed by atoms with Crippen molar-refractivity contribution in [1.29, 1.82) is 0 Å². The second kappa shape index (κ2) is 7.35. The van der Waals surface area contributed by atoms with Gasteiger partial charge in [-0.1, -0.05) is 12.1 Å². The van der Waals surface area contributed by atoms with Crippen molar-refractivity contribution in [1.82, 2.24) is 0 Å². The third kappa shape index (κ3) is 3.57. The number of carbonyl (C=O) groups is 1. The fraction of sp³-hybridized carbons (Fsp3) is 0.190. The van der Waals surface area contributed by atoms with Crippen LogP contribution in [0.1, 0.15) is 11.1 Å². The standard InChI is InChI=1S/C21H21NO4/c1-22(2)17-8-5-14(6-9-17)11-16-13-19(26-21(16)23)15-7-10-18(24-3)20(12-15)25-4/h5-13H,1-4H3/b16-11-. The average molecular weight is 351 g/mol. The highest BCUT2D eigenvalue weighted by atomic mass is 16.5. The molecule has 0 saturated heterocycles. The maximum Gasteiger partial charge on any atom is 0.343 e. The third-order valence-electron chi connectivity index (χ3n) is 4.12. The van der Waals surface area contributed by atoms with E-state index in [9.17, 15) is 4.79 Å². The lowest BCUT2D eigenvalue weighted by molar-refractivity contribution is -0.130. The Morgan fingerprint density at radius 1 is 0.962 bits per heavy atom. The van der Waals surface area contributed by atoms with E-state index in [-0.39, 0.29) is 5.97 Å². The molecule has 5 nitrogen and oxygen atoms in total. The summed E-state index contributed by atoms with van der Waals surface area (Å²) in [5.41, 5.74) is 3.30. The van der Waals surface area contributed by atoms with Crippen molar-refractivity contribution in [3.8, 4) is 11.5 Å². The molecule has 0 spiro atoms. The molecule has 26 heavy (non-hydrogen) atoms. The first kappa shape index (κ1) is 17.6. The van der Waals surface area contributed by atoms with Crippen LogP contribution in [0.4, 0.5) is 5.69 Å². The van der Waals surface area contributed by atoms with Crippen LogP contribution in [0.25, 0.3) is 11.8 Å². The van der Waals surface area contributed by atoms with Crippen molar-refractivity contribution in [2.24, 2.45) is 0 Å². The predicted octanol–water partition coefficient (Wildman–Crippen LogP) is 3.75. The number of ether oxygens (including phenoxy) is 3. The minimum Gasteiger partial charge on any atom is -0.493 e. The van der Waals surface area contributed by atoms with Crippen LogP contribution in [0.5, 0.6) is 11.5 Å². The Balaban J connectivity index is 1.89. The summed E-state index contributed by atoms with van der Waals surface area (Å²) in [4.78, 5) is 14.2. The van der Waals surface area contributed by atoms with E-state index in [1.807, 2.05) is 55.4 Å². The number of anilines is 1. The summed E-state index contributed by atoms with van der Waals surface area (Å²) in [7, 11) is 7.12. The van der Waals surface area contributed by atoms with Gasteiger partial charge in [0.1, 0.15) is 5.76 Å². The summed E-state index contributed by atoms with van der Waals surface area (Å²) < 4.78 is 16.0. The molecule has 1 aliphatic rings. The monoisotopic (exact) mass is 351 g/mol. The Hall–Kier alpha value is -3.21. The van der Waals surface area contributed by atoms with Crippen LogP contribution < -0.4 is 14.4 Å². The number of hydrogen-bond acceptors (Lipinski definition) is 5. The molecule has 0 fully saturated rings. The highest BCUT2D eigenvalue weighted by molar-refractivity contribution is 6.05. The molecule has 2 aromatic carbocycles. The van der Waals surface area contributed by atoms with Crippen molar-refractivity contribution in [3.63, 3.8) is 0 Å². The smallest absolute Gasteiger partial charge is 0.343 e. The van der Waals surface area contributed by atoms with Gasteiger partial charge in [0.2, 0.25) is 0 Å². The SMILES string of the molecule is COc1ccc(C2=C/C(=C/c3ccc(N(C)C)cc3)C(=O)O2)cc1OC. The van der Waals surface area contributed by atoms with Gasteiger partial charge in [-0.05, 0) is 48.0 Å². The van der Waals surface area contributed by atoms with Gasteiger partial charge in [0, 0.05) is 25.3 Å². The van der Waals surface area contributed by atoms with E-state index in [4.69, 9.17) is 14.2 Å². The van der Waals surface area contributed by atoms with Crippen LogP contribution in [0.3, 0.4) is 0 Å². The van der Waals surface area contributed by atoms with Gasteiger partial charge in [0.05, 0.1) is 19.8 Å². The lowest BCUT2D eigenvalue weighted by Crippen LogP contribution is -2.07. The van der Waals surface area contributed by atoms with Crippen LogP contribution >= 0.6 is 0 Å². The maximum atomic E-state index is 12.2. The first-order valence-corrected chi connectivity index (χ1v) is 8.17. The third-order valence-corrected chi connectivity index (χ3v) is 4.12. The second-order valence-corrected chi connectivity index (χ2v) is 6.05. The Bertz CT molecular complexity index is 879. The summed E-state index contributed by atoms with van der Waals surface area (Å²) in [5, 5.41) is 0. The van der Waals surface area contributed by atoms with Gasteiger partial charge in [-0.3, -0.25) is 0 Å². The molecule has 2 aromatic rings. The van der Waals surface area contributed by atoms with Crippen molar-refractivity contribution < 1.29 is 19.0 Å². The van der Waals surface area contributed by atoms with E-state index in [1.165, 1.54) is 0 Å². The number of hydrogen-bond donors (Lipinski definition) is 0. The highest BCUT2D eigenvalue weighted by Crippen LogP contribution is 2.34. The average Bonchev–Trinajstić information content (AvgIpc) is 3.02. The van der Waals surface area contributed by atoms with Crippen LogP contribution in [0.2, 0.25) is 0 Å². The van der Waals surface area contributed by atoms with E-state index < -0.39 is 0 Å². The number of esters is 1. The Morgan fingerprint density at radius 2 is 1.65 bits per heavy atom. The van der Waals surface area contributed by atoms with Crippen molar-refractivity contribution >= 4 is 23.5 Å². The first-order chi connectivity index (χ1) is 12.5. The zero-order valence-corrected chi connectivity index (χ0v) is 15.3. The lowest BCUT2D eigenvalue weighted by atomic mass is 10.1. The first-order valence-electron chi connectivity index (χ1n) is 8.17. The fourth-order valence-electron chi connectivity index (χ4n) is 2.67. The van der Waals surface area contributed by atoms with Gasteiger partial charge in [-0.25, -0.2) is 4.79 Å². The molecule has 1 heterocycles. The fourth-order valence-corrected chi connectivity index (χ4v) is 2.67. The molecule has 0 amide bonds. The quantitative estimate of drug-likeness (QED) is 0.606. The molecule has 5 heteroatoms. The molecule has 0 atom stereocenters. The number of benzene rings is 2.